The van der Waals surface area contributed by atoms with Crippen molar-refractivity contribution in [3.05, 3.63) is 63.5 Å². The number of H-pyrrole nitrogens is 1. The van der Waals surface area contributed by atoms with Gasteiger partial charge in [-0.1, -0.05) is 6.07 Å². The van der Waals surface area contributed by atoms with Crippen LogP contribution in [0.15, 0.2) is 35.7 Å². The zero-order valence-corrected chi connectivity index (χ0v) is 15.6. The highest BCUT2D eigenvalue weighted by Gasteiger charge is 2.34. The number of amides is 1. The number of nitrogens with one attached hydrogen (secondary N) is 2. The molecular formula is C18H16F4N4O2S. The van der Waals surface area contributed by atoms with Gasteiger partial charge in [-0.2, -0.15) is 13.2 Å². The zero-order chi connectivity index (χ0) is 21.2. The van der Waals surface area contributed by atoms with Gasteiger partial charge < -0.3 is 21.1 Å². The van der Waals surface area contributed by atoms with E-state index in [1.165, 1.54) is 23.5 Å². The largest absolute Gasteiger partial charge is 0.419 e. The van der Waals surface area contributed by atoms with E-state index in [1.807, 2.05) is 0 Å². The van der Waals surface area contributed by atoms with Crippen molar-refractivity contribution in [2.24, 2.45) is 5.73 Å². The molecule has 1 atom stereocenters. The Morgan fingerprint density at radius 2 is 2.07 bits per heavy atom. The summed E-state index contributed by atoms with van der Waals surface area (Å²) < 4.78 is 51.8. The van der Waals surface area contributed by atoms with Gasteiger partial charge in [-0.3, -0.25) is 4.79 Å². The Bertz CT molecular complexity index is 1020. The summed E-state index contributed by atoms with van der Waals surface area (Å²) in [6, 6.07) is 4.82. The molecule has 3 rings (SSSR count). The van der Waals surface area contributed by atoms with E-state index >= 15 is 0 Å². The van der Waals surface area contributed by atoms with E-state index in [2.05, 4.69) is 15.3 Å². The molecule has 0 saturated heterocycles. The molecule has 0 aliphatic heterocycles. The Hall–Kier alpha value is -2.76. The Labute approximate surface area is 166 Å². The van der Waals surface area contributed by atoms with Gasteiger partial charge in [-0.15, -0.1) is 11.3 Å². The number of carbonyl (C=O) groups is 1. The fourth-order valence-corrected chi connectivity index (χ4v) is 3.36. The Morgan fingerprint density at radius 1 is 1.31 bits per heavy atom. The van der Waals surface area contributed by atoms with Crippen LogP contribution in [0, 0.1) is 5.82 Å². The minimum absolute atomic E-state index is 0.0675. The molecule has 3 aromatic rings. The minimum atomic E-state index is -4.79. The summed E-state index contributed by atoms with van der Waals surface area (Å²) in [6.07, 6.45) is -4.79. The highest BCUT2D eigenvalue weighted by atomic mass is 32.1. The average Bonchev–Trinajstić information content (AvgIpc) is 3.34. The number of thiazole rings is 1. The van der Waals surface area contributed by atoms with E-state index in [1.54, 1.807) is 5.38 Å². The van der Waals surface area contributed by atoms with Crippen LogP contribution in [0.1, 0.15) is 32.8 Å². The van der Waals surface area contributed by atoms with Gasteiger partial charge in [0.2, 0.25) is 0 Å². The van der Waals surface area contributed by atoms with E-state index in [4.69, 9.17) is 10.8 Å². The number of alkyl halides is 3. The number of nitrogens with two attached hydrogens (primary N) is 1. The number of aliphatic hydroxyl groups is 1. The van der Waals surface area contributed by atoms with Crippen molar-refractivity contribution in [1.29, 1.82) is 0 Å². The Balaban J connectivity index is 1.77. The van der Waals surface area contributed by atoms with E-state index in [-0.39, 0.29) is 30.1 Å². The third-order valence-corrected chi connectivity index (χ3v) is 4.97. The molecule has 5 N–H and O–H groups in total. The lowest BCUT2D eigenvalue weighted by Gasteiger charge is -2.14. The van der Waals surface area contributed by atoms with Crippen molar-refractivity contribution in [1.82, 2.24) is 15.3 Å². The molecule has 0 bridgehead atoms. The second-order valence-electron chi connectivity index (χ2n) is 6.06. The number of aliphatic hydroxyl groups excluding tert-OH is 1. The van der Waals surface area contributed by atoms with Gasteiger partial charge in [0.25, 0.3) is 5.91 Å². The molecular weight excluding hydrogens is 412 g/mol. The molecule has 2 aromatic heterocycles. The zero-order valence-electron chi connectivity index (χ0n) is 14.8. The third kappa shape index (κ3) is 4.63. The predicted molar refractivity (Wildman–Crippen MR) is 98.5 cm³/mol. The normalized spacial score (nSPS) is 12.8. The summed E-state index contributed by atoms with van der Waals surface area (Å²) in [5, 5.41) is 13.9. The number of benzene rings is 1. The van der Waals surface area contributed by atoms with Crippen molar-refractivity contribution in [2.45, 2.75) is 18.8 Å². The first kappa shape index (κ1) is 21.0. The van der Waals surface area contributed by atoms with Crippen molar-refractivity contribution < 1.29 is 27.5 Å². The second kappa shape index (κ2) is 8.31. The van der Waals surface area contributed by atoms with Crippen molar-refractivity contribution in [3.8, 4) is 11.3 Å². The number of nitrogens with zero attached hydrogens (tertiary/aromatic N) is 1. The van der Waals surface area contributed by atoms with Crippen molar-refractivity contribution >= 4 is 17.2 Å². The van der Waals surface area contributed by atoms with Crippen LogP contribution in [0.2, 0.25) is 0 Å². The number of carbonyl (C=O) groups excluding carboxylic acids is 1. The highest BCUT2D eigenvalue weighted by molar-refractivity contribution is 7.09. The van der Waals surface area contributed by atoms with E-state index in [9.17, 15) is 22.4 Å². The molecule has 0 fully saturated rings. The van der Waals surface area contributed by atoms with Crippen LogP contribution in [0.3, 0.4) is 0 Å². The van der Waals surface area contributed by atoms with Crippen LogP contribution < -0.4 is 11.1 Å². The van der Waals surface area contributed by atoms with Crippen molar-refractivity contribution in [2.75, 3.05) is 6.54 Å². The van der Waals surface area contributed by atoms with Crippen molar-refractivity contribution in [3.63, 3.8) is 0 Å². The van der Waals surface area contributed by atoms with Gasteiger partial charge >= 0.3 is 6.18 Å². The number of hydrogen-bond acceptors (Lipinski definition) is 5. The first-order chi connectivity index (χ1) is 13.7. The average molecular weight is 428 g/mol. The van der Waals surface area contributed by atoms with Gasteiger partial charge in [0.1, 0.15) is 16.5 Å². The SMILES string of the molecule is NC[C@@H](NC(=O)c1ccc(-c2ccc(C(F)(F)F)c(F)c2)[nH]1)c1csc(CO)n1. The molecule has 0 unspecified atom stereocenters. The van der Waals surface area contributed by atoms with Crippen LogP contribution in [-0.2, 0) is 12.8 Å². The van der Waals surface area contributed by atoms with Crippen LogP contribution >= 0.6 is 11.3 Å². The summed E-state index contributed by atoms with van der Waals surface area (Å²) in [5.74, 6) is -1.92. The fourth-order valence-electron chi connectivity index (χ4n) is 2.66. The van der Waals surface area contributed by atoms with Gasteiger partial charge in [0, 0.05) is 23.2 Å². The first-order valence-electron chi connectivity index (χ1n) is 8.35. The van der Waals surface area contributed by atoms with E-state index in [0.29, 0.717) is 16.8 Å². The Kier molecular flexibility index (Phi) is 6.01. The van der Waals surface area contributed by atoms with Crippen LogP contribution in [0.5, 0.6) is 0 Å². The standard InChI is InChI=1S/C18H16F4N4O2S/c19-11-5-9(1-2-10(11)18(20,21)22)12-3-4-13(24-12)17(28)26-14(6-23)15-8-29-16(7-27)25-15/h1-5,8,14,24,27H,6-7,23H2,(H,26,28)/t14-/m1/s1. The molecule has 1 aromatic carbocycles. The maximum atomic E-state index is 13.8. The van der Waals surface area contributed by atoms with Gasteiger partial charge in [0.05, 0.1) is 23.9 Å². The minimum Gasteiger partial charge on any atom is -0.389 e. The number of aromatic nitrogens is 2. The first-order valence-corrected chi connectivity index (χ1v) is 9.23. The molecule has 0 aliphatic carbocycles. The molecule has 154 valence electrons. The number of halogens is 4. The Morgan fingerprint density at radius 3 is 2.66 bits per heavy atom. The quantitative estimate of drug-likeness (QED) is 0.453. The number of hydrogen-bond donors (Lipinski definition) is 4. The molecule has 29 heavy (non-hydrogen) atoms. The second-order valence-corrected chi connectivity index (χ2v) is 7.01. The van der Waals surface area contributed by atoms with Gasteiger partial charge in [-0.25, -0.2) is 9.37 Å². The van der Waals surface area contributed by atoms with Gasteiger partial charge in [-0.05, 0) is 24.3 Å². The monoisotopic (exact) mass is 428 g/mol. The summed E-state index contributed by atoms with van der Waals surface area (Å²) in [4.78, 5) is 19.4. The molecule has 6 nitrogen and oxygen atoms in total. The summed E-state index contributed by atoms with van der Waals surface area (Å²) in [5.41, 5.74) is 5.40. The number of aromatic amines is 1. The predicted octanol–water partition coefficient (Wildman–Crippen LogP) is 3.22. The molecule has 0 spiro atoms. The number of rotatable bonds is 6. The highest BCUT2D eigenvalue weighted by Crippen LogP contribution is 2.33. The maximum absolute atomic E-state index is 13.8. The van der Waals surface area contributed by atoms with Gasteiger partial charge in [0.15, 0.2) is 0 Å². The third-order valence-electron chi connectivity index (χ3n) is 4.12. The topological polar surface area (TPSA) is 104 Å². The smallest absolute Gasteiger partial charge is 0.389 e. The lowest BCUT2D eigenvalue weighted by molar-refractivity contribution is -0.139. The summed E-state index contributed by atoms with van der Waals surface area (Å²) in [6.45, 7) is -0.155. The molecule has 11 heteroatoms. The molecule has 0 aliphatic rings. The molecule has 2 heterocycles. The van der Waals surface area contributed by atoms with E-state index in [0.717, 1.165) is 12.1 Å². The lowest BCUT2D eigenvalue weighted by Crippen LogP contribution is -2.33. The summed E-state index contributed by atoms with van der Waals surface area (Å²) >= 11 is 1.23. The van der Waals surface area contributed by atoms with Crippen LogP contribution in [0.25, 0.3) is 11.3 Å². The molecule has 0 radical (unpaired) electrons. The fraction of sp³-hybridized carbons (Fsp3) is 0.222. The molecule has 0 saturated carbocycles. The lowest BCUT2D eigenvalue weighted by atomic mass is 10.1. The molecule has 1 amide bonds. The van der Waals surface area contributed by atoms with Crippen LogP contribution in [-0.4, -0.2) is 27.5 Å². The van der Waals surface area contributed by atoms with E-state index < -0.39 is 29.5 Å². The van der Waals surface area contributed by atoms with Crippen LogP contribution in [0.4, 0.5) is 17.6 Å². The summed E-state index contributed by atoms with van der Waals surface area (Å²) in [7, 11) is 0. The maximum Gasteiger partial charge on any atom is 0.419 e.